The Balaban J connectivity index is 3.89. The van der Waals surface area contributed by atoms with Gasteiger partial charge < -0.3 is 10.5 Å². The van der Waals surface area contributed by atoms with Gasteiger partial charge in [-0.15, -0.1) is 0 Å². The Bertz CT molecular complexity index is 241. The zero-order chi connectivity index (χ0) is 14.2. The van der Waals surface area contributed by atoms with Crippen LogP contribution >= 0.6 is 0 Å². The van der Waals surface area contributed by atoms with Crippen molar-refractivity contribution in [3.05, 3.63) is 0 Å². The van der Waals surface area contributed by atoms with Gasteiger partial charge in [0, 0.05) is 0 Å². The fourth-order valence-electron chi connectivity index (χ4n) is 1.77. The first-order chi connectivity index (χ1) is 8.19. The average molecular weight is 257 g/mol. The van der Waals surface area contributed by atoms with E-state index in [9.17, 15) is 4.79 Å². The van der Waals surface area contributed by atoms with Crippen molar-refractivity contribution in [2.75, 3.05) is 0 Å². The van der Waals surface area contributed by atoms with Crippen molar-refractivity contribution in [1.82, 2.24) is 0 Å². The zero-order valence-electron chi connectivity index (χ0n) is 12.8. The highest BCUT2D eigenvalue weighted by Gasteiger charge is 2.32. The number of hydrogen-bond acceptors (Lipinski definition) is 3. The fourth-order valence-corrected chi connectivity index (χ4v) is 1.77. The number of carbonyl (C=O) groups is 1. The largest absolute Gasteiger partial charge is 0.459 e. The Hall–Kier alpha value is -0.570. The summed E-state index contributed by atoms with van der Waals surface area (Å²) in [6, 6.07) is 0. The summed E-state index contributed by atoms with van der Waals surface area (Å²) in [5.41, 5.74) is 4.73. The summed E-state index contributed by atoms with van der Waals surface area (Å²) in [6.45, 7) is 9.58. The Morgan fingerprint density at radius 3 is 2.00 bits per heavy atom. The highest BCUT2D eigenvalue weighted by molar-refractivity contribution is 5.80. The van der Waals surface area contributed by atoms with Gasteiger partial charge in [-0.25, -0.2) is 0 Å². The molecule has 0 aromatic rings. The molecule has 0 aromatic carbocycles. The standard InChI is InChI=1S/C15H31NO2/c1-6-7-8-9-10-11-12-15(5,16)13(17)18-14(2,3)4/h6-12,16H2,1-5H3. The van der Waals surface area contributed by atoms with Gasteiger partial charge >= 0.3 is 5.97 Å². The number of ether oxygens (including phenoxy) is 1. The van der Waals surface area contributed by atoms with Crippen molar-refractivity contribution < 1.29 is 9.53 Å². The van der Waals surface area contributed by atoms with Crippen LogP contribution in [0.2, 0.25) is 0 Å². The molecule has 0 rings (SSSR count). The minimum atomic E-state index is -0.849. The van der Waals surface area contributed by atoms with Gasteiger partial charge in [-0.2, -0.15) is 0 Å². The number of unbranched alkanes of at least 4 members (excludes halogenated alkanes) is 5. The molecule has 0 aliphatic heterocycles. The van der Waals surface area contributed by atoms with Gasteiger partial charge in [0.2, 0.25) is 0 Å². The molecule has 0 aliphatic carbocycles. The van der Waals surface area contributed by atoms with Crippen molar-refractivity contribution in [2.45, 2.75) is 90.7 Å². The quantitative estimate of drug-likeness (QED) is 0.531. The van der Waals surface area contributed by atoms with E-state index in [4.69, 9.17) is 10.5 Å². The number of esters is 1. The van der Waals surface area contributed by atoms with Crippen LogP contribution in [0.25, 0.3) is 0 Å². The van der Waals surface area contributed by atoms with E-state index >= 15 is 0 Å². The van der Waals surface area contributed by atoms with Crippen LogP contribution in [-0.2, 0) is 9.53 Å². The lowest BCUT2D eigenvalue weighted by Crippen LogP contribution is -2.48. The van der Waals surface area contributed by atoms with Crippen LogP contribution in [0.1, 0.15) is 79.6 Å². The van der Waals surface area contributed by atoms with Crippen LogP contribution in [0.15, 0.2) is 0 Å². The van der Waals surface area contributed by atoms with Crippen LogP contribution in [0.4, 0.5) is 0 Å². The molecular formula is C15H31NO2. The molecule has 18 heavy (non-hydrogen) atoms. The summed E-state index contributed by atoms with van der Waals surface area (Å²) in [7, 11) is 0. The van der Waals surface area contributed by atoms with Gasteiger partial charge in [0.25, 0.3) is 0 Å². The normalized spacial score (nSPS) is 15.2. The van der Waals surface area contributed by atoms with E-state index in [0.717, 1.165) is 12.8 Å². The first kappa shape index (κ1) is 17.4. The summed E-state index contributed by atoms with van der Waals surface area (Å²) < 4.78 is 5.33. The molecule has 2 N–H and O–H groups in total. The smallest absolute Gasteiger partial charge is 0.326 e. The Labute approximate surface area is 112 Å². The van der Waals surface area contributed by atoms with E-state index in [1.807, 2.05) is 20.8 Å². The molecule has 0 amide bonds. The third-order valence-electron chi connectivity index (χ3n) is 2.91. The predicted octanol–water partition coefficient (Wildman–Crippen LogP) is 3.80. The summed E-state index contributed by atoms with van der Waals surface area (Å²) in [5.74, 6) is -0.288. The van der Waals surface area contributed by atoms with E-state index in [0.29, 0.717) is 6.42 Å². The third kappa shape index (κ3) is 8.51. The predicted molar refractivity (Wildman–Crippen MR) is 76.4 cm³/mol. The summed E-state index contributed by atoms with van der Waals surface area (Å²) in [5, 5.41) is 0. The SMILES string of the molecule is CCCCCCCCC(C)(N)C(=O)OC(C)(C)C. The van der Waals surface area contributed by atoms with Crippen molar-refractivity contribution in [3.8, 4) is 0 Å². The number of rotatable bonds is 8. The molecule has 0 heterocycles. The first-order valence-electron chi connectivity index (χ1n) is 7.21. The van der Waals surface area contributed by atoms with Gasteiger partial charge in [0.15, 0.2) is 0 Å². The fraction of sp³-hybridized carbons (Fsp3) is 0.933. The second-order valence-electron chi connectivity index (χ2n) is 6.44. The molecule has 0 bridgehead atoms. The van der Waals surface area contributed by atoms with Crippen LogP contribution in [0.5, 0.6) is 0 Å². The van der Waals surface area contributed by atoms with E-state index < -0.39 is 11.1 Å². The number of nitrogens with two attached hydrogens (primary N) is 1. The minimum absolute atomic E-state index is 0.288. The molecule has 0 aromatic heterocycles. The molecule has 108 valence electrons. The molecule has 1 atom stereocenters. The van der Waals surface area contributed by atoms with E-state index in [1.165, 1.54) is 25.7 Å². The third-order valence-corrected chi connectivity index (χ3v) is 2.91. The van der Waals surface area contributed by atoms with Crippen LogP contribution in [-0.4, -0.2) is 17.1 Å². The van der Waals surface area contributed by atoms with Gasteiger partial charge in [0.05, 0.1) is 0 Å². The molecule has 0 saturated heterocycles. The van der Waals surface area contributed by atoms with Crippen molar-refractivity contribution in [2.24, 2.45) is 5.73 Å². The highest BCUT2D eigenvalue weighted by Crippen LogP contribution is 2.18. The van der Waals surface area contributed by atoms with Gasteiger partial charge in [-0.3, -0.25) is 4.79 Å². The van der Waals surface area contributed by atoms with E-state index in [2.05, 4.69) is 6.92 Å². The zero-order valence-corrected chi connectivity index (χ0v) is 12.8. The molecular weight excluding hydrogens is 226 g/mol. The topological polar surface area (TPSA) is 52.3 Å². The lowest BCUT2D eigenvalue weighted by Gasteiger charge is -2.28. The molecule has 3 nitrogen and oxygen atoms in total. The maximum absolute atomic E-state index is 11.9. The van der Waals surface area contributed by atoms with Crippen molar-refractivity contribution >= 4 is 5.97 Å². The van der Waals surface area contributed by atoms with Crippen LogP contribution in [0.3, 0.4) is 0 Å². The maximum Gasteiger partial charge on any atom is 0.326 e. The van der Waals surface area contributed by atoms with E-state index in [-0.39, 0.29) is 5.97 Å². The first-order valence-corrected chi connectivity index (χ1v) is 7.21. The molecule has 0 aliphatic rings. The lowest BCUT2D eigenvalue weighted by atomic mass is 9.95. The second kappa shape index (κ2) is 7.78. The van der Waals surface area contributed by atoms with E-state index in [1.54, 1.807) is 6.92 Å². The van der Waals surface area contributed by atoms with Gasteiger partial charge in [0.1, 0.15) is 11.1 Å². The van der Waals surface area contributed by atoms with Crippen LogP contribution in [0, 0.1) is 0 Å². The molecule has 0 spiro atoms. The lowest BCUT2D eigenvalue weighted by molar-refractivity contribution is -0.161. The highest BCUT2D eigenvalue weighted by atomic mass is 16.6. The van der Waals surface area contributed by atoms with Gasteiger partial charge in [-0.1, -0.05) is 45.4 Å². The number of hydrogen-bond donors (Lipinski definition) is 1. The Morgan fingerprint density at radius 2 is 1.50 bits per heavy atom. The number of carbonyl (C=O) groups excluding carboxylic acids is 1. The van der Waals surface area contributed by atoms with Gasteiger partial charge in [-0.05, 0) is 34.1 Å². The molecule has 0 saturated carbocycles. The summed E-state index contributed by atoms with van der Waals surface area (Å²) in [6.07, 6.45) is 7.92. The summed E-state index contributed by atoms with van der Waals surface area (Å²) in [4.78, 5) is 11.9. The Morgan fingerprint density at radius 1 is 1.00 bits per heavy atom. The molecule has 3 heteroatoms. The molecule has 1 unspecified atom stereocenters. The molecule has 0 radical (unpaired) electrons. The monoisotopic (exact) mass is 257 g/mol. The average Bonchev–Trinajstić information content (AvgIpc) is 2.20. The Kier molecular flexibility index (Phi) is 7.53. The van der Waals surface area contributed by atoms with Crippen LogP contribution < -0.4 is 5.73 Å². The molecule has 0 fully saturated rings. The van der Waals surface area contributed by atoms with Crippen molar-refractivity contribution in [3.63, 3.8) is 0 Å². The summed E-state index contributed by atoms with van der Waals surface area (Å²) >= 11 is 0. The second-order valence-corrected chi connectivity index (χ2v) is 6.44. The maximum atomic E-state index is 11.9. The van der Waals surface area contributed by atoms with Crippen molar-refractivity contribution in [1.29, 1.82) is 0 Å². The minimum Gasteiger partial charge on any atom is -0.459 e.